The van der Waals surface area contributed by atoms with E-state index in [1.807, 2.05) is 40.3 Å². The number of carbonyl (C=O) groups is 2. The van der Waals surface area contributed by atoms with Gasteiger partial charge in [-0.1, -0.05) is 12.1 Å². The normalized spacial score (nSPS) is 16.9. The lowest BCUT2D eigenvalue weighted by Crippen LogP contribution is -2.39. The predicted octanol–water partition coefficient (Wildman–Crippen LogP) is 1.93. The Morgan fingerprint density at radius 3 is 2.78 bits per heavy atom. The molecule has 2 aliphatic heterocycles. The second kappa shape index (κ2) is 8.70. The highest BCUT2D eigenvalue weighted by Gasteiger charge is 2.25. The second-order valence-corrected chi connectivity index (χ2v) is 8.75. The minimum absolute atomic E-state index is 0.00204. The fraction of sp³-hybridized carbons (Fsp3) is 0.417. The molecule has 1 fully saturated rings. The number of fused-ring (bicyclic) bond motifs is 3. The third-order valence-electron chi connectivity index (χ3n) is 6.72. The van der Waals surface area contributed by atoms with Crippen LogP contribution in [0.5, 0.6) is 0 Å². The Balaban J connectivity index is 1.25. The number of amides is 2. The molecule has 8 heteroatoms. The van der Waals surface area contributed by atoms with Crippen molar-refractivity contribution in [3.05, 3.63) is 58.9 Å². The third-order valence-corrected chi connectivity index (χ3v) is 6.72. The molecule has 0 saturated carbocycles. The highest BCUT2D eigenvalue weighted by Crippen LogP contribution is 2.25. The lowest BCUT2D eigenvalue weighted by atomic mass is 9.97. The number of pyridine rings is 1. The maximum atomic E-state index is 13.0. The number of likely N-dealkylation sites (tertiary alicyclic amines) is 1. The Morgan fingerprint density at radius 1 is 1.12 bits per heavy atom. The molecule has 2 aliphatic rings. The van der Waals surface area contributed by atoms with Gasteiger partial charge in [0.1, 0.15) is 0 Å². The van der Waals surface area contributed by atoms with Crippen molar-refractivity contribution in [2.24, 2.45) is 5.92 Å². The zero-order chi connectivity index (χ0) is 22.1. The van der Waals surface area contributed by atoms with Crippen LogP contribution in [0.25, 0.3) is 11.0 Å². The maximum absolute atomic E-state index is 13.0. The number of rotatable bonds is 4. The Bertz CT molecular complexity index is 1150. The van der Waals surface area contributed by atoms with Crippen molar-refractivity contribution in [3.63, 3.8) is 0 Å². The van der Waals surface area contributed by atoms with Crippen LogP contribution in [0, 0.1) is 5.92 Å². The lowest BCUT2D eigenvalue weighted by Gasteiger charge is -2.31. The van der Waals surface area contributed by atoms with Gasteiger partial charge >= 0.3 is 0 Å². The van der Waals surface area contributed by atoms with E-state index in [-0.39, 0.29) is 30.8 Å². The summed E-state index contributed by atoms with van der Waals surface area (Å²) in [6.45, 7) is 2.72. The molecule has 32 heavy (non-hydrogen) atoms. The number of carbonyl (C=O) groups excluding carboxylic acids is 2. The predicted molar refractivity (Wildman–Crippen MR) is 119 cm³/mol. The third kappa shape index (κ3) is 3.98. The van der Waals surface area contributed by atoms with Gasteiger partial charge in [0.05, 0.1) is 12.6 Å². The first kappa shape index (κ1) is 20.6. The summed E-state index contributed by atoms with van der Waals surface area (Å²) in [7, 11) is 0. The van der Waals surface area contributed by atoms with Crippen molar-refractivity contribution in [1.82, 2.24) is 25.0 Å². The summed E-state index contributed by atoms with van der Waals surface area (Å²) in [6, 6.07) is 7.41. The summed E-state index contributed by atoms with van der Waals surface area (Å²) in [5, 5.41) is 17.3. The Morgan fingerprint density at radius 2 is 1.97 bits per heavy atom. The van der Waals surface area contributed by atoms with Crippen LogP contribution in [0.4, 0.5) is 0 Å². The molecular weight excluding hydrogens is 406 g/mol. The van der Waals surface area contributed by atoms with Crippen molar-refractivity contribution in [1.29, 1.82) is 0 Å². The van der Waals surface area contributed by atoms with Crippen LogP contribution in [-0.4, -0.2) is 68.1 Å². The van der Waals surface area contributed by atoms with Crippen LogP contribution in [0.3, 0.4) is 0 Å². The molecule has 2 N–H and O–H groups in total. The van der Waals surface area contributed by atoms with Gasteiger partial charge in [-0.2, -0.15) is 5.10 Å². The molecule has 2 aromatic heterocycles. The van der Waals surface area contributed by atoms with Gasteiger partial charge in [-0.25, -0.2) is 4.98 Å². The molecular formula is C24H27N5O3. The second-order valence-electron chi connectivity index (χ2n) is 8.75. The van der Waals surface area contributed by atoms with E-state index in [1.54, 1.807) is 6.20 Å². The zero-order valence-electron chi connectivity index (χ0n) is 18.0. The van der Waals surface area contributed by atoms with Crippen molar-refractivity contribution >= 4 is 22.8 Å². The van der Waals surface area contributed by atoms with Gasteiger partial charge in [0, 0.05) is 49.9 Å². The molecule has 1 saturated heterocycles. The molecule has 4 heterocycles. The van der Waals surface area contributed by atoms with Crippen LogP contribution in [0.1, 0.15) is 39.9 Å². The van der Waals surface area contributed by atoms with E-state index < -0.39 is 0 Å². The van der Waals surface area contributed by atoms with Crippen LogP contribution in [0.2, 0.25) is 0 Å². The zero-order valence-corrected chi connectivity index (χ0v) is 18.0. The summed E-state index contributed by atoms with van der Waals surface area (Å²) < 4.78 is 0. The summed E-state index contributed by atoms with van der Waals surface area (Å²) in [5.74, 6) is 0.339. The molecule has 0 unspecified atom stereocenters. The summed E-state index contributed by atoms with van der Waals surface area (Å²) in [4.78, 5) is 34.0. The SMILES string of the molecule is O=C(Cc1cccc(C(=O)N2CCC(CO)CC2)c1)N1CCc2c(cnc3[nH]ncc23)C1. The topological polar surface area (TPSA) is 102 Å². The van der Waals surface area contributed by atoms with E-state index in [1.165, 1.54) is 5.56 Å². The number of aliphatic hydroxyl groups excluding tert-OH is 1. The van der Waals surface area contributed by atoms with E-state index in [0.717, 1.165) is 41.4 Å². The number of aromatic nitrogens is 3. The smallest absolute Gasteiger partial charge is 0.253 e. The molecule has 0 bridgehead atoms. The molecule has 0 atom stereocenters. The van der Waals surface area contributed by atoms with E-state index in [0.29, 0.717) is 31.7 Å². The molecule has 1 aromatic carbocycles. The van der Waals surface area contributed by atoms with Gasteiger partial charge in [-0.3, -0.25) is 14.7 Å². The number of H-pyrrole nitrogens is 1. The number of nitrogens with one attached hydrogen (secondary N) is 1. The summed E-state index contributed by atoms with van der Waals surface area (Å²) in [6.07, 6.45) is 6.34. The Labute approximate surface area is 186 Å². The maximum Gasteiger partial charge on any atom is 0.253 e. The van der Waals surface area contributed by atoms with Gasteiger partial charge < -0.3 is 14.9 Å². The first-order chi connectivity index (χ1) is 15.6. The number of nitrogens with zero attached hydrogens (tertiary/aromatic N) is 4. The molecule has 3 aromatic rings. The highest BCUT2D eigenvalue weighted by atomic mass is 16.3. The van der Waals surface area contributed by atoms with Crippen LogP contribution in [-0.2, 0) is 24.2 Å². The molecule has 0 aliphatic carbocycles. The average molecular weight is 434 g/mol. The fourth-order valence-corrected chi connectivity index (χ4v) is 4.77. The van der Waals surface area contributed by atoms with Crippen molar-refractivity contribution in [2.75, 3.05) is 26.2 Å². The molecule has 0 radical (unpaired) electrons. The summed E-state index contributed by atoms with van der Waals surface area (Å²) in [5.41, 5.74) is 4.53. The number of piperidine rings is 1. The fourth-order valence-electron chi connectivity index (χ4n) is 4.77. The van der Waals surface area contributed by atoms with Gasteiger partial charge in [-0.15, -0.1) is 0 Å². The Hall–Kier alpha value is -3.26. The van der Waals surface area contributed by atoms with E-state index in [9.17, 15) is 14.7 Å². The van der Waals surface area contributed by atoms with Crippen molar-refractivity contribution in [3.8, 4) is 0 Å². The van der Waals surface area contributed by atoms with Crippen molar-refractivity contribution < 1.29 is 14.7 Å². The monoisotopic (exact) mass is 433 g/mol. The quantitative estimate of drug-likeness (QED) is 0.655. The number of aliphatic hydroxyl groups is 1. The number of hydrogen-bond acceptors (Lipinski definition) is 5. The highest BCUT2D eigenvalue weighted by molar-refractivity contribution is 5.94. The number of hydrogen-bond donors (Lipinski definition) is 2. The van der Waals surface area contributed by atoms with Gasteiger partial charge in [0.15, 0.2) is 5.65 Å². The molecule has 166 valence electrons. The number of aromatic amines is 1. The van der Waals surface area contributed by atoms with Crippen LogP contribution in [0.15, 0.2) is 36.7 Å². The largest absolute Gasteiger partial charge is 0.396 e. The van der Waals surface area contributed by atoms with E-state index in [2.05, 4.69) is 15.2 Å². The first-order valence-corrected chi connectivity index (χ1v) is 11.2. The standard InChI is InChI=1S/C24H27N5O3/c30-15-16-4-7-28(8-5-16)24(32)18-3-1-2-17(10-18)11-22(31)29-9-6-20-19(14-29)12-25-23-21(20)13-26-27-23/h1-3,10,12-13,16,30H,4-9,11,14-15H2,(H,25,26,27). The minimum Gasteiger partial charge on any atom is -0.396 e. The van der Waals surface area contributed by atoms with Crippen LogP contribution >= 0.6 is 0 Å². The van der Waals surface area contributed by atoms with Crippen LogP contribution < -0.4 is 0 Å². The van der Waals surface area contributed by atoms with Gasteiger partial charge in [0.25, 0.3) is 5.91 Å². The van der Waals surface area contributed by atoms with E-state index in [4.69, 9.17) is 0 Å². The van der Waals surface area contributed by atoms with Crippen molar-refractivity contribution in [2.45, 2.75) is 32.2 Å². The summed E-state index contributed by atoms with van der Waals surface area (Å²) >= 11 is 0. The number of benzene rings is 1. The molecule has 2 amide bonds. The minimum atomic E-state index is -0.00204. The lowest BCUT2D eigenvalue weighted by molar-refractivity contribution is -0.131. The van der Waals surface area contributed by atoms with Gasteiger partial charge in [-0.05, 0) is 54.0 Å². The van der Waals surface area contributed by atoms with E-state index >= 15 is 0 Å². The molecule has 0 spiro atoms. The molecule has 5 rings (SSSR count). The average Bonchev–Trinajstić information content (AvgIpc) is 3.33. The Kier molecular flexibility index (Phi) is 5.61. The first-order valence-electron chi connectivity index (χ1n) is 11.2. The van der Waals surface area contributed by atoms with Gasteiger partial charge in [0.2, 0.25) is 5.91 Å². The molecule has 8 nitrogen and oxygen atoms in total.